The number of ether oxygens (including phenoxy) is 1. The van der Waals surface area contributed by atoms with E-state index in [1.54, 1.807) is 0 Å². The first kappa shape index (κ1) is 16.6. The maximum atomic E-state index is 13.5. The highest BCUT2D eigenvalue weighted by Crippen LogP contribution is 2.33. The fourth-order valence-corrected chi connectivity index (χ4v) is 1.98. The minimum atomic E-state index is -4.73. The monoisotopic (exact) mass is 334 g/mol. The molecule has 1 unspecified atom stereocenters. The average molecular weight is 335 g/mol. The van der Waals surface area contributed by atoms with Crippen LogP contribution in [0.3, 0.4) is 0 Å². The van der Waals surface area contributed by atoms with Gasteiger partial charge in [0.2, 0.25) is 0 Å². The quantitative estimate of drug-likeness (QED) is 0.824. The number of halogens is 5. The first-order valence-corrected chi connectivity index (χ1v) is 6.57. The Labute approximate surface area is 128 Å². The zero-order chi connectivity index (χ0) is 16.3. The van der Waals surface area contributed by atoms with Crippen molar-refractivity contribution in [3.05, 3.63) is 64.4 Å². The van der Waals surface area contributed by atoms with Gasteiger partial charge in [-0.1, -0.05) is 29.8 Å². The first-order chi connectivity index (χ1) is 10.3. The van der Waals surface area contributed by atoms with Crippen molar-refractivity contribution in [1.29, 1.82) is 0 Å². The Bertz CT molecular complexity index is 621. The molecule has 7 heteroatoms. The summed E-state index contributed by atoms with van der Waals surface area (Å²) in [5.41, 5.74) is -0.146. The molecular formula is C15H11ClF4O2. The lowest BCUT2D eigenvalue weighted by molar-refractivity contribution is -0.206. The summed E-state index contributed by atoms with van der Waals surface area (Å²) in [6.07, 6.45) is -7.29. The molecule has 0 fully saturated rings. The molecule has 0 heterocycles. The van der Waals surface area contributed by atoms with Gasteiger partial charge in [0.25, 0.3) is 0 Å². The molecule has 2 aromatic carbocycles. The highest BCUT2D eigenvalue weighted by molar-refractivity contribution is 6.31. The molecule has 0 spiro atoms. The summed E-state index contributed by atoms with van der Waals surface area (Å²) in [6.45, 7) is -0.160. The number of alkyl halides is 3. The van der Waals surface area contributed by atoms with Gasteiger partial charge in [0.05, 0.1) is 5.02 Å². The Hall–Kier alpha value is -1.79. The molecule has 0 aliphatic rings. The summed E-state index contributed by atoms with van der Waals surface area (Å²) >= 11 is 5.83. The minimum Gasteiger partial charge on any atom is -0.489 e. The fourth-order valence-electron chi connectivity index (χ4n) is 1.76. The van der Waals surface area contributed by atoms with E-state index in [4.69, 9.17) is 21.4 Å². The molecule has 0 amide bonds. The third-order valence-corrected chi connectivity index (χ3v) is 3.30. The Kier molecular flexibility index (Phi) is 4.93. The Balaban J connectivity index is 2.06. The van der Waals surface area contributed by atoms with Crippen LogP contribution in [0.5, 0.6) is 5.75 Å². The normalized spacial score (nSPS) is 13.0. The average Bonchev–Trinajstić information content (AvgIpc) is 2.46. The van der Waals surface area contributed by atoms with Crippen molar-refractivity contribution in [3.63, 3.8) is 0 Å². The summed E-state index contributed by atoms with van der Waals surface area (Å²) in [5, 5.41) is 9.29. The van der Waals surface area contributed by atoms with Crippen molar-refractivity contribution >= 4 is 11.6 Å². The van der Waals surface area contributed by atoms with Gasteiger partial charge >= 0.3 is 6.18 Å². The molecule has 0 bridgehead atoms. The number of hydrogen-bond acceptors (Lipinski definition) is 2. The topological polar surface area (TPSA) is 29.5 Å². The molecule has 1 N–H and O–H groups in total. The Morgan fingerprint density at radius 3 is 2.27 bits per heavy atom. The second-order valence-electron chi connectivity index (χ2n) is 4.50. The van der Waals surface area contributed by atoms with Crippen LogP contribution in [0.25, 0.3) is 0 Å². The molecule has 0 saturated carbocycles. The Morgan fingerprint density at radius 1 is 1.09 bits per heavy atom. The molecule has 1 atom stereocenters. The van der Waals surface area contributed by atoms with Gasteiger partial charge in [-0.3, -0.25) is 0 Å². The van der Waals surface area contributed by atoms with E-state index < -0.39 is 18.1 Å². The van der Waals surface area contributed by atoms with E-state index in [1.165, 1.54) is 30.3 Å². The van der Waals surface area contributed by atoms with Gasteiger partial charge in [-0.05, 0) is 29.8 Å². The lowest BCUT2D eigenvalue weighted by Gasteiger charge is -2.15. The van der Waals surface area contributed by atoms with E-state index in [2.05, 4.69) is 0 Å². The number of benzene rings is 2. The lowest BCUT2D eigenvalue weighted by Crippen LogP contribution is -2.20. The van der Waals surface area contributed by atoms with E-state index >= 15 is 0 Å². The number of rotatable bonds is 4. The zero-order valence-electron chi connectivity index (χ0n) is 11.1. The van der Waals surface area contributed by atoms with Crippen molar-refractivity contribution in [2.45, 2.75) is 18.9 Å². The van der Waals surface area contributed by atoms with E-state index in [1.807, 2.05) is 0 Å². The molecule has 0 saturated heterocycles. The van der Waals surface area contributed by atoms with Crippen molar-refractivity contribution in [2.24, 2.45) is 0 Å². The predicted octanol–water partition coefficient (Wildman–Crippen LogP) is 4.65. The van der Waals surface area contributed by atoms with Crippen LogP contribution in [0.15, 0.2) is 42.5 Å². The fraction of sp³-hybridized carbons (Fsp3) is 0.200. The van der Waals surface area contributed by atoms with Gasteiger partial charge in [0, 0.05) is 5.56 Å². The summed E-state index contributed by atoms with van der Waals surface area (Å²) in [6, 6.07) is 8.90. The molecule has 0 radical (unpaired) electrons. The highest BCUT2D eigenvalue weighted by Gasteiger charge is 2.39. The first-order valence-electron chi connectivity index (χ1n) is 6.19. The maximum Gasteiger partial charge on any atom is 0.418 e. The highest BCUT2D eigenvalue weighted by atomic mass is 35.5. The molecule has 2 rings (SSSR count). The third kappa shape index (κ3) is 3.90. The maximum absolute atomic E-state index is 13.5. The van der Waals surface area contributed by atoms with Crippen LogP contribution in [0.2, 0.25) is 5.02 Å². The minimum absolute atomic E-state index is 0.156. The number of hydrogen-bond donors (Lipinski definition) is 1. The second kappa shape index (κ2) is 6.54. The van der Waals surface area contributed by atoms with Crippen LogP contribution in [-0.2, 0) is 6.61 Å². The van der Waals surface area contributed by atoms with Crippen LogP contribution in [0.1, 0.15) is 17.2 Å². The van der Waals surface area contributed by atoms with Crippen LogP contribution in [0.4, 0.5) is 17.6 Å². The van der Waals surface area contributed by atoms with Crippen molar-refractivity contribution in [2.75, 3.05) is 0 Å². The molecule has 118 valence electrons. The van der Waals surface area contributed by atoms with Crippen LogP contribution in [-0.4, -0.2) is 11.3 Å². The van der Waals surface area contributed by atoms with Crippen molar-refractivity contribution in [3.8, 4) is 5.75 Å². The van der Waals surface area contributed by atoms with Gasteiger partial charge in [0.15, 0.2) is 6.10 Å². The largest absolute Gasteiger partial charge is 0.489 e. The van der Waals surface area contributed by atoms with Crippen LogP contribution in [0, 0.1) is 5.82 Å². The zero-order valence-corrected chi connectivity index (χ0v) is 11.8. The predicted molar refractivity (Wildman–Crippen MR) is 73.2 cm³/mol. The van der Waals surface area contributed by atoms with Crippen LogP contribution < -0.4 is 4.74 Å². The van der Waals surface area contributed by atoms with E-state index in [0.29, 0.717) is 0 Å². The standard InChI is InChI=1S/C15H11ClF4O2/c16-12-2-1-3-13(17)11(12)8-22-10-6-4-9(5-7-10)14(21)15(18,19)20/h1-7,14,21H,8H2. The summed E-state index contributed by atoms with van der Waals surface area (Å²) in [5.74, 6) is -0.297. The van der Waals surface area contributed by atoms with Gasteiger partial charge in [-0.2, -0.15) is 13.2 Å². The Morgan fingerprint density at radius 2 is 1.73 bits per heavy atom. The molecule has 22 heavy (non-hydrogen) atoms. The summed E-state index contributed by atoms with van der Waals surface area (Å²) in [7, 11) is 0. The smallest absolute Gasteiger partial charge is 0.418 e. The molecule has 2 aromatic rings. The van der Waals surface area contributed by atoms with Crippen molar-refractivity contribution in [1.82, 2.24) is 0 Å². The second-order valence-corrected chi connectivity index (χ2v) is 4.91. The number of aliphatic hydroxyl groups excluding tert-OH is 1. The lowest BCUT2D eigenvalue weighted by atomic mass is 10.1. The molecule has 0 aliphatic heterocycles. The van der Waals surface area contributed by atoms with E-state index in [0.717, 1.165) is 12.1 Å². The van der Waals surface area contributed by atoms with Crippen molar-refractivity contribution < 1.29 is 27.4 Å². The summed E-state index contributed by atoms with van der Waals surface area (Å²) in [4.78, 5) is 0. The van der Waals surface area contributed by atoms with Crippen LogP contribution >= 0.6 is 11.6 Å². The molecule has 0 aliphatic carbocycles. The third-order valence-electron chi connectivity index (χ3n) is 2.95. The molecular weight excluding hydrogens is 324 g/mol. The number of aliphatic hydroxyl groups is 1. The van der Waals surface area contributed by atoms with E-state index in [-0.39, 0.29) is 28.5 Å². The SMILES string of the molecule is OC(c1ccc(OCc2c(F)cccc2Cl)cc1)C(F)(F)F. The van der Waals surface area contributed by atoms with Gasteiger partial charge in [0.1, 0.15) is 18.2 Å². The van der Waals surface area contributed by atoms with Gasteiger partial charge < -0.3 is 9.84 Å². The summed E-state index contributed by atoms with van der Waals surface area (Å²) < 4.78 is 55.9. The van der Waals surface area contributed by atoms with E-state index in [9.17, 15) is 17.6 Å². The van der Waals surface area contributed by atoms with Gasteiger partial charge in [-0.25, -0.2) is 4.39 Å². The molecule has 0 aromatic heterocycles. The van der Waals surface area contributed by atoms with Gasteiger partial charge in [-0.15, -0.1) is 0 Å². The molecule has 2 nitrogen and oxygen atoms in total.